The van der Waals surface area contributed by atoms with Gasteiger partial charge in [0.2, 0.25) is 5.91 Å². The molecule has 4 nitrogen and oxygen atoms in total. The number of aromatic nitrogens is 1. The second kappa shape index (κ2) is 8.28. The highest BCUT2D eigenvalue weighted by Crippen LogP contribution is 2.25. The molecule has 1 saturated heterocycles. The highest BCUT2D eigenvalue weighted by molar-refractivity contribution is 7.18. The van der Waals surface area contributed by atoms with Crippen LogP contribution in [0.3, 0.4) is 0 Å². The van der Waals surface area contributed by atoms with Crippen molar-refractivity contribution >= 4 is 39.1 Å². The number of fused-ring (bicyclic) bond motifs is 1. The lowest BCUT2D eigenvalue weighted by Crippen LogP contribution is -2.34. The summed E-state index contributed by atoms with van der Waals surface area (Å²) in [5.41, 5.74) is 0.938. The van der Waals surface area contributed by atoms with Crippen LogP contribution in [0.15, 0.2) is 18.2 Å². The Morgan fingerprint density at radius 1 is 1.46 bits per heavy atom. The molecule has 1 amide bonds. The van der Waals surface area contributed by atoms with Crippen LogP contribution in [0.5, 0.6) is 0 Å². The van der Waals surface area contributed by atoms with Gasteiger partial charge in [0.1, 0.15) is 0 Å². The van der Waals surface area contributed by atoms with E-state index >= 15 is 0 Å². The number of benzene rings is 1. The highest BCUT2D eigenvalue weighted by Gasteiger charge is 2.21. The Balaban J connectivity index is 1.43. The smallest absolute Gasteiger partial charge is 0.220 e. The van der Waals surface area contributed by atoms with Gasteiger partial charge in [-0.2, -0.15) is 0 Å². The molecule has 1 aliphatic heterocycles. The Bertz CT molecular complexity index is 697. The minimum absolute atomic E-state index is 0.158. The van der Waals surface area contributed by atoms with Gasteiger partial charge in [-0.15, -0.1) is 11.3 Å². The largest absolute Gasteiger partial charge is 0.356 e. The van der Waals surface area contributed by atoms with Crippen molar-refractivity contribution in [2.45, 2.75) is 32.6 Å². The van der Waals surface area contributed by atoms with Gasteiger partial charge in [0, 0.05) is 24.4 Å². The summed E-state index contributed by atoms with van der Waals surface area (Å²) < 4.78 is 1.14. The number of rotatable bonds is 6. The number of piperidine rings is 1. The first kappa shape index (κ1) is 17.6. The van der Waals surface area contributed by atoms with E-state index in [-0.39, 0.29) is 5.91 Å². The first-order chi connectivity index (χ1) is 11.6. The minimum Gasteiger partial charge on any atom is -0.356 e. The lowest BCUT2D eigenvalue weighted by atomic mass is 9.84. The Kier molecular flexibility index (Phi) is 6.09. The van der Waals surface area contributed by atoms with Gasteiger partial charge in [0.25, 0.3) is 0 Å². The number of halogens is 1. The van der Waals surface area contributed by atoms with Crippen molar-refractivity contribution in [3.8, 4) is 0 Å². The summed E-state index contributed by atoms with van der Waals surface area (Å²) in [6.45, 7) is 5.01. The van der Waals surface area contributed by atoms with Crippen LogP contribution in [0, 0.1) is 11.8 Å². The summed E-state index contributed by atoms with van der Waals surface area (Å²) in [5, 5.41) is 8.17. The Morgan fingerprint density at radius 2 is 2.25 bits per heavy atom. The molecule has 0 radical (unpaired) electrons. The van der Waals surface area contributed by atoms with Crippen molar-refractivity contribution in [1.82, 2.24) is 15.6 Å². The zero-order valence-corrected chi connectivity index (χ0v) is 15.6. The molecule has 2 heterocycles. The molecular weight excluding hydrogens is 342 g/mol. The second-order valence-electron chi connectivity index (χ2n) is 6.59. The van der Waals surface area contributed by atoms with Crippen molar-refractivity contribution < 1.29 is 4.79 Å². The summed E-state index contributed by atoms with van der Waals surface area (Å²) in [5.74, 6) is 1.29. The summed E-state index contributed by atoms with van der Waals surface area (Å²) >= 11 is 7.66. The molecule has 0 spiro atoms. The summed E-state index contributed by atoms with van der Waals surface area (Å²) in [6, 6.07) is 5.77. The van der Waals surface area contributed by atoms with Crippen LogP contribution in [-0.2, 0) is 11.2 Å². The topological polar surface area (TPSA) is 54.0 Å². The third-order valence-electron chi connectivity index (χ3n) is 4.75. The van der Waals surface area contributed by atoms with Gasteiger partial charge in [0.15, 0.2) is 0 Å². The predicted molar refractivity (Wildman–Crippen MR) is 101 cm³/mol. The Morgan fingerprint density at radius 3 is 3.04 bits per heavy atom. The molecule has 0 bridgehead atoms. The molecule has 1 aromatic carbocycles. The van der Waals surface area contributed by atoms with E-state index in [9.17, 15) is 4.79 Å². The normalized spacial score (nSPS) is 17.1. The summed E-state index contributed by atoms with van der Waals surface area (Å²) in [6.07, 6.45) is 3.76. The van der Waals surface area contributed by atoms with Crippen molar-refractivity contribution in [2.75, 3.05) is 19.6 Å². The molecular formula is C18H24ClN3OS. The molecule has 1 atom stereocenters. The van der Waals surface area contributed by atoms with Crippen molar-refractivity contribution in [2.24, 2.45) is 11.8 Å². The maximum Gasteiger partial charge on any atom is 0.220 e. The third kappa shape index (κ3) is 4.68. The number of hydrogen-bond donors (Lipinski definition) is 2. The molecule has 1 unspecified atom stereocenters. The quantitative estimate of drug-likeness (QED) is 0.821. The average molecular weight is 366 g/mol. The van der Waals surface area contributed by atoms with Gasteiger partial charge in [-0.3, -0.25) is 4.79 Å². The van der Waals surface area contributed by atoms with E-state index in [0.29, 0.717) is 29.8 Å². The van der Waals surface area contributed by atoms with Gasteiger partial charge in [-0.25, -0.2) is 4.98 Å². The van der Waals surface area contributed by atoms with Gasteiger partial charge in [-0.1, -0.05) is 18.5 Å². The summed E-state index contributed by atoms with van der Waals surface area (Å²) in [7, 11) is 0. The van der Waals surface area contributed by atoms with Crippen molar-refractivity contribution in [3.05, 3.63) is 28.2 Å². The van der Waals surface area contributed by atoms with Crippen LogP contribution >= 0.6 is 22.9 Å². The molecule has 0 aliphatic carbocycles. The van der Waals surface area contributed by atoms with Crippen LogP contribution in [0.2, 0.25) is 5.02 Å². The number of carbonyl (C=O) groups is 1. The van der Waals surface area contributed by atoms with Crippen molar-refractivity contribution in [1.29, 1.82) is 0 Å². The standard InChI is InChI=1S/C18H24ClN3OS/c1-12(13-4-7-20-8-5-13)10-17(23)21-9-6-18-22-15-11-14(19)2-3-16(15)24-18/h2-3,11-13,20H,4-10H2,1H3,(H,21,23). The molecule has 3 rings (SSSR count). The number of thiazole rings is 1. The Hall–Kier alpha value is -1.17. The maximum absolute atomic E-state index is 12.1. The molecule has 1 fully saturated rings. The molecule has 2 aromatic rings. The zero-order valence-electron chi connectivity index (χ0n) is 14.0. The van der Waals surface area contributed by atoms with Gasteiger partial charge < -0.3 is 10.6 Å². The van der Waals surface area contributed by atoms with E-state index in [0.717, 1.165) is 34.7 Å². The number of hydrogen-bond acceptors (Lipinski definition) is 4. The number of amides is 1. The van der Waals surface area contributed by atoms with Gasteiger partial charge in [-0.05, 0) is 56.0 Å². The van der Waals surface area contributed by atoms with E-state index in [4.69, 9.17) is 11.6 Å². The van der Waals surface area contributed by atoms with Crippen LogP contribution in [0.4, 0.5) is 0 Å². The lowest BCUT2D eigenvalue weighted by molar-refractivity contribution is -0.122. The van der Waals surface area contributed by atoms with Crippen LogP contribution < -0.4 is 10.6 Å². The molecule has 1 aliphatic rings. The van der Waals surface area contributed by atoms with Crippen molar-refractivity contribution in [3.63, 3.8) is 0 Å². The van der Waals surface area contributed by atoms with Gasteiger partial charge in [0.05, 0.1) is 15.2 Å². The minimum atomic E-state index is 0.158. The SMILES string of the molecule is CC(CC(=O)NCCc1nc2cc(Cl)ccc2s1)C1CCNCC1. The average Bonchev–Trinajstić information content (AvgIpc) is 2.97. The zero-order chi connectivity index (χ0) is 16.9. The van der Waals surface area contributed by atoms with E-state index in [1.807, 2.05) is 18.2 Å². The third-order valence-corrected chi connectivity index (χ3v) is 6.08. The number of nitrogens with one attached hydrogen (secondary N) is 2. The fraction of sp³-hybridized carbons (Fsp3) is 0.556. The molecule has 6 heteroatoms. The fourth-order valence-corrected chi connectivity index (χ4v) is 4.42. The Labute approximate surface area is 152 Å². The lowest BCUT2D eigenvalue weighted by Gasteiger charge is -2.27. The monoisotopic (exact) mass is 365 g/mol. The van der Waals surface area contributed by atoms with Crippen LogP contribution in [-0.4, -0.2) is 30.5 Å². The van der Waals surface area contributed by atoms with E-state index in [1.54, 1.807) is 11.3 Å². The molecule has 2 N–H and O–H groups in total. The first-order valence-corrected chi connectivity index (χ1v) is 9.83. The van der Waals surface area contributed by atoms with E-state index in [2.05, 4.69) is 22.5 Å². The van der Waals surface area contributed by atoms with E-state index in [1.165, 1.54) is 12.8 Å². The maximum atomic E-state index is 12.1. The molecule has 0 saturated carbocycles. The predicted octanol–water partition coefficient (Wildman–Crippen LogP) is 3.63. The summed E-state index contributed by atoms with van der Waals surface area (Å²) in [4.78, 5) is 16.7. The van der Waals surface area contributed by atoms with Crippen LogP contribution in [0.25, 0.3) is 10.2 Å². The number of nitrogens with zero attached hydrogens (tertiary/aromatic N) is 1. The number of carbonyl (C=O) groups excluding carboxylic acids is 1. The first-order valence-electron chi connectivity index (χ1n) is 8.64. The fourth-order valence-electron chi connectivity index (χ4n) is 3.31. The van der Waals surface area contributed by atoms with Crippen LogP contribution in [0.1, 0.15) is 31.2 Å². The molecule has 130 valence electrons. The van der Waals surface area contributed by atoms with Gasteiger partial charge >= 0.3 is 0 Å². The second-order valence-corrected chi connectivity index (χ2v) is 8.14. The molecule has 24 heavy (non-hydrogen) atoms. The van der Waals surface area contributed by atoms with E-state index < -0.39 is 0 Å². The highest BCUT2D eigenvalue weighted by atomic mass is 35.5. The molecule has 1 aromatic heterocycles.